The van der Waals surface area contributed by atoms with E-state index in [4.69, 9.17) is 0 Å². The first kappa shape index (κ1) is 16.9. The zero-order chi connectivity index (χ0) is 16.1. The number of thiophene rings is 1. The smallest absolute Gasteiger partial charge is 0.241 e. The highest BCUT2D eigenvalue weighted by atomic mass is 32.2. The van der Waals surface area contributed by atoms with Crippen LogP contribution in [0.1, 0.15) is 37.4 Å². The van der Waals surface area contributed by atoms with Crippen molar-refractivity contribution in [3.63, 3.8) is 0 Å². The molecule has 0 unspecified atom stereocenters. The van der Waals surface area contributed by atoms with Gasteiger partial charge in [-0.05, 0) is 36.8 Å². The van der Waals surface area contributed by atoms with E-state index in [2.05, 4.69) is 37.7 Å². The van der Waals surface area contributed by atoms with Crippen LogP contribution in [0.3, 0.4) is 0 Å². The second-order valence-electron chi connectivity index (χ2n) is 7.01. The summed E-state index contributed by atoms with van der Waals surface area (Å²) in [6.45, 7) is 11.9. The van der Waals surface area contributed by atoms with Crippen LogP contribution in [-0.4, -0.2) is 22.0 Å². The second kappa shape index (κ2) is 5.33. The highest BCUT2D eigenvalue weighted by molar-refractivity contribution is 7.89. The maximum Gasteiger partial charge on any atom is 0.241 e. The molecule has 120 valence electrons. The molecule has 1 fully saturated rings. The number of rotatable bonds is 6. The lowest BCUT2D eigenvalue weighted by atomic mass is 10.0. The van der Waals surface area contributed by atoms with Crippen molar-refractivity contribution in [1.82, 2.24) is 10.0 Å². The van der Waals surface area contributed by atoms with E-state index in [1.807, 2.05) is 14.0 Å². The van der Waals surface area contributed by atoms with E-state index >= 15 is 0 Å². The van der Waals surface area contributed by atoms with Crippen LogP contribution in [0.15, 0.2) is 11.0 Å². The lowest BCUT2D eigenvalue weighted by Crippen LogP contribution is -2.27. The van der Waals surface area contributed by atoms with Crippen molar-refractivity contribution in [3.8, 4) is 0 Å². The van der Waals surface area contributed by atoms with Crippen molar-refractivity contribution in [3.05, 3.63) is 15.8 Å². The second-order valence-corrected chi connectivity index (χ2v) is 10.1. The van der Waals surface area contributed by atoms with E-state index in [0.717, 1.165) is 9.75 Å². The topological polar surface area (TPSA) is 58.2 Å². The Kier molecular flexibility index (Phi) is 4.30. The van der Waals surface area contributed by atoms with Gasteiger partial charge in [0.05, 0.1) is 4.90 Å². The number of hydrogen-bond donors (Lipinski definition) is 2. The van der Waals surface area contributed by atoms with E-state index in [-0.39, 0.29) is 10.8 Å². The molecule has 0 bridgehead atoms. The van der Waals surface area contributed by atoms with Crippen LogP contribution in [0.4, 0.5) is 0 Å². The van der Waals surface area contributed by atoms with Crippen molar-refractivity contribution in [2.75, 3.05) is 13.6 Å². The Labute approximate surface area is 132 Å². The molecule has 0 saturated heterocycles. The molecule has 6 heteroatoms. The number of aryl methyl sites for hydroxylation is 1. The maximum absolute atomic E-state index is 12.5. The Hall–Kier alpha value is -0.430. The summed E-state index contributed by atoms with van der Waals surface area (Å²) >= 11 is 1.53. The van der Waals surface area contributed by atoms with Crippen molar-refractivity contribution < 1.29 is 8.42 Å². The third-order valence-corrected chi connectivity index (χ3v) is 8.09. The van der Waals surface area contributed by atoms with Gasteiger partial charge in [-0.15, -0.1) is 11.3 Å². The minimum absolute atomic E-state index is 0.191. The molecule has 0 atom stereocenters. The number of sulfonamides is 1. The summed E-state index contributed by atoms with van der Waals surface area (Å²) in [7, 11) is -1.55. The third kappa shape index (κ3) is 2.91. The van der Waals surface area contributed by atoms with Gasteiger partial charge in [0.1, 0.15) is 0 Å². The van der Waals surface area contributed by atoms with Gasteiger partial charge < -0.3 is 5.32 Å². The highest BCUT2D eigenvalue weighted by Gasteiger charge is 2.64. The Bertz CT molecular complexity index is 616. The number of hydrogen-bond acceptors (Lipinski definition) is 4. The van der Waals surface area contributed by atoms with Crippen molar-refractivity contribution in [1.29, 1.82) is 0 Å². The van der Waals surface area contributed by atoms with Gasteiger partial charge >= 0.3 is 0 Å². The predicted octanol–water partition coefficient (Wildman–Crippen LogP) is 2.74. The summed E-state index contributed by atoms with van der Waals surface area (Å²) < 4.78 is 27.8. The Morgan fingerprint density at radius 2 is 1.81 bits per heavy atom. The SMILES string of the molecule is CNCc1cc(S(=O)(=O)NCC2C(C)(C)C2(C)C)c(C)s1. The molecule has 4 nitrogen and oxygen atoms in total. The van der Waals surface area contributed by atoms with Crippen LogP contribution in [0.5, 0.6) is 0 Å². The molecule has 0 aromatic carbocycles. The van der Waals surface area contributed by atoms with Gasteiger partial charge in [-0.1, -0.05) is 27.7 Å². The van der Waals surface area contributed by atoms with E-state index in [1.165, 1.54) is 11.3 Å². The molecular weight excluding hydrogens is 304 g/mol. The first-order chi connectivity index (χ1) is 9.54. The highest BCUT2D eigenvalue weighted by Crippen LogP contribution is 2.67. The zero-order valence-corrected chi connectivity index (χ0v) is 15.3. The summed E-state index contributed by atoms with van der Waals surface area (Å²) in [5, 5.41) is 3.05. The first-order valence-corrected chi connectivity index (χ1v) is 9.57. The molecule has 0 radical (unpaired) electrons. The molecule has 21 heavy (non-hydrogen) atoms. The van der Waals surface area contributed by atoms with Crippen molar-refractivity contribution in [2.45, 2.75) is 46.1 Å². The van der Waals surface area contributed by atoms with Gasteiger partial charge in [0.15, 0.2) is 0 Å². The molecule has 2 rings (SSSR count). The minimum Gasteiger partial charge on any atom is -0.315 e. The molecule has 0 aliphatic heterocycles. The van der Waals surface area contributed by atoms with Crippen LogP contribution in [0.2, 0.25) is 0 Å². The van der Waals surface area contributed by atoms with Crippen LogP contribution >= 0.6 is 11.3 Å². The van der Waals surface area contributed by atoms with Gasteiger partial charge in [-0.2, -0.15) is 0 Å². The van der Waals surface area contributed by atoms with Crippen LogP contribution in [0, 0.1) is 23.7 Å². The Morgan fingerprint density at radius 1 is 1.24 bits per heavy atom. The molecule has 2 N–H and O–H groups in total. The quantitative estimate of drug-likeness (QED) is 0.843. The molecule has 1 saturated carbocycles. The van der Waals surface area contributed by atoms with Crippen molar-refractivity contribution in [2.24, 2.45) is 16.7 Å². The van der Waals surface area contributed by atoms with E-state index in [0.29, 0.717) is 23.9 Å². The van der Waals surface area contributed by atoms with Gasteiger partial charge in [0.2, 0.25) is 10.0 Å². The molecule has 1 heterocycles. The summed E-state index contributed by atoms with van der Waals surface area (Å²) in [6, 6.07) is 1.78. The third-order valence-electron chi connectivity index (χ3n) is 5.36. The van der Waals surface area contributed by atoms with E-state index in [1.54, 1.807) is 6.07 Å². The van der Waals surface area contributed by atoms with Gasteiger partial charge in [-0.25, -0.2) is 13.1 Å². The standard InChI is InChI=1S/C15H26N2O2S2/c1-10-12(7-11(20-10)8-16-6)21(18,19)17-9-13-14(2,3)15(13,4)5/h7,13,16-17H,8-9H2,1-6H3. The summed E-state index contributed by atoms with van der Waals surface area (Å²) in [5.41, 5.74) is 0.382. The maximum atomic E-state index is 12.5. The lowest BCUT2D eigenvalue weighted by molar-refractivity contribution is 0.457. The monoisotopic (exact) mass is 330 g/mol. The molecule has 0 amide bonds. The number of nitrogens with one attached hydrogen (secondary N) is 2. The molecule has 1 aliphatic rings. The fourth-order valence-corrected chi connectivity index (χ4v) is 5.86. The lowest BCUT2D eigenvalue weighted by Gasteiger charge is -2.07. The molecule has 1 aliphatic carbocycles. The molecule has 1 aromatic rings. The van der Waals surface area contributed by atoms with E-state index < -0.39 is 10.0 Å². The van der Waals surface area contributed by atoms with Gasteiger partial charge in [0.25, 0.3) is 0 Å². The van der Waals surface area contributed by atoms with Crippen LogP contribution in [-0.2, 0) is 16.6 Å². The van der Waals surface area contributed by atoms with E-state index in [9.17, 15) is 8.42 Å². The molecular formula is C15H26N2O2S2. The summed E-state index contributed by atoms with van der Waals surface area (Å²) in [5.74, 6) is 0.385. The Balaban J connectivity index is 2.10. The van der Waals surface area contributed by atoms with Crippen molar-refractivity contribution >= 4 is 21.4 Å². The van der Waals surface area contributed by atoms with Crippen LogP contribution < -0.4 is 10.0 Å². The Morgan fingerprint density at radius 3 is 2.29 bits per heavy atom. The van der Waals surface area contributed by atoms with Crippen LogP contribution in [0.25, 0.3) is 0 Å². The average Bonchev–Trinajstić information content (AvgIpc) is 2.62. The average molecular weight is 331 g/mol. The molecule has 1 aromatic heterocycles. The summed E-state index contributed by atoms with van der Waals surface area (Å²) in [6.07, 6.45) is 0. The normalized spacial score (nSPS) is 20.7. The minimum atomic E-state index is -3.41. The zero-order valence-electron chi connectivity index (χ0n) is 13.7. The fraction of sp³-hybridized carbons (Fsp3) is 0.733. The summed E-state index contributed by atoms with van der Waals surface area (Å²) in [4.78, 5) is 2.32. The largest absolute Gasteiger partial charge is 0.315 e. The predicted molar refractivity (Wildman–Crippen MR) is 88.1 cm³/mol. The fourth-order valence-electron chi connectivity index (χ4n) is 3.17. The van der Waals surface area contributed by atoms with Gasteiger partial charge in [-0.3, -0.25) is 0 Å². The van der Waals surface area contributed by atoms with Gasteiger partial charge in [0, 0.05) is 22.8 Å². The first-order valence-electron chi connectivity index (χ1n) is 7.27. The molecule has 0 spiro atoms.